The maximum absolute atomic E-state index is 8.00. The number of nitrogens with one attached hydrogen (secondary N) is 3. The number of hydrogen-bond donors (Lipinski definition) is 3. The van der Waals surface area contributed by atoms with Crippen molar-refractivity contribution in [2.24, 2.45) is 0 Å². The number of hydrogen-bond acceptors (Lipinski definition) is 3. The standard InChI is InChI=1S/C15H15N3/c1-2-5-11(16)15-17-12-8-3-6-10-7-4-9-13(18-15)14(10)12/h2-9,15-18H,1H3. The van der Waals surface area contributed by atoms with E-state index in [-0.39, 0.29) is 6.17 Å². The molecule has 3 heteroatoms. The Bertz CT molecular complexity index is 602. The molecule has 90 valence electrons. The monoisotopic (exact) mass is 237 g/mol. The Balaban J connectivity index is 2.08. The molecule has 0 radical (unpaired) electrons. The Morgan fingerprint density at radius 2 is 1.72 bits per heavy atom. The molecule has 0 atom stereocenters. The van der Waals surface area contributed by atoms with Gasteiger partial charge in [-0.1, -0.05) is 30.3 Å². The van der Waals surface area contributed by atoms with E-state index in [0.717, 1.165) is 11.4 Å². The van der Waals surface area contributed by atoms with Gasteiger partial charge in [0.2, 0.25) is 0 Å². The van der Waals surface area contributed by atoms with Crippen LogP contribution in [0, 0.1) is 5.41 Å². The van der Waals surface area contributed by atoms with Crippen LogP contribution in [0.2, 0.25) is 0 Å². The van der Waals surface area contributed by atoms with E-state index in [1.807, 2.05) is 25.1 Å². The van der Waals surface area contributed by atoms with Gasteiger partial charge in [0, 0.05) is 16.8 Å². The molecule has 0 aromatic heterocycles. The second-order valence-electron chi connectivity index (χ2n) is 4.39. The van der Waals surface area contributed by atoms with Crippen molar-refractivity contribution >= 4 is 27.9 Å². The van der Waals surface area contributed by atoms with Crippen molar-refractivity contribution in [3.63, 3.8) is 0 Å². The summed E-state index contributed by atoms with van der Waals surface area (Å²) in [7, 11) is 0. The van der Waals surface area contributed by atoms with Gasteiger partial charge in [-0.3, -0.25) is 0 Å². The Hall–Kier alpha value is -2.29. The van der Waals surface area contributed by atoms with Crippen molar-refractivity contribution in [3.05, 3.63) is 48.6 Å². The second kappa shape index (κ2) is 4.18. The normalized spacial score (nSPS) is 14.5. The molecule has 0 saturated heterocycles. The Kier molecular flexibility index (Phi) is 2.52. The van der Waals surface area contributed by atoms with E-state index < -0.39 is 0 Å². The molecule has 0 aliphatic carbocycles. The molecule has 1 aliphatic heterocycles. The highest BCUT2D eigenvalue weighted by molar-refractivity contribution is 6.09. The first kappa shape index (κ1) is 10.8. The van der Waals surface area contributed by atoms with Crippen molar-refractivity contribution in [1.29, 1.82) is 5.41 Å². The van der Waals surface area contributed by atoms with Crippen LogP contribution in [0.25, 0.3) is 10.8 Å². The molecule has 0 amide bonds. The van der Waals surface area contributed by atoms with Gasteiger partial charge in [-0.2, -0.15) is 0 Å². The predicted molar refractivity (Wildman–Crippen MR) is 77.5 cm³/mol. The van der Waals surface area contributed by atoms with E-state index in [0.29, 0.717) is 5.71 Å². The lowest BCUT2D eigenvalue weighted by Crippen LogP contribution is -2.38. The number of anilines is 2. The Morgan fingerprint density at radius 3 is 2.28 bits per heavy atom. The lowest BCUT2D eigenvalue weighted by molar-refractivity contribution is 1.05. The summed E-state index contributed by atoms with van der Waals surface area (Å²) in [6.45, 7) is 1.92. The van der Waals surface area contributed by atoms with Crippen LogP contribution in [-0.4, -0.2) is 11.9 Å². The van der Waals surface area contributed by atoms with Gasteiger partial charge < -0.3 is 16.0 Å². The Morgan fingerprint density at radius 1 is 1.11 bits per heavy atom. The summed E-state index contributed by atoms with van der Waals surface area (Å²) in [4.78, 5) is 0. The van der Waals surface area contributed by atoms with Gasteiger partial charge in [0.25, 0.3) is 0 Å². The molecule has 0 saturated carbocycles. The molecule has 2 aromatic carbocycles. The molecule has 0 fully saturated rings. The van der Waals surface area contributed by atoms with Gasteiger partial charge in [-0.25, -0.2) is 0 Å². The summed E-state index contributed by atoms with van der Waals surface area (Å²) < 4.78 is 0. The summed E-state index contributed by atoms with van der Waals surface area (Å²) in [6, 6.07) is 12.4. The third-order valence-corrected chi connectivity index (χ3v) is 3.16. The van der Waals surface area contributed by atoms with E-state index in [1.54, 1.807) is 6.08 Å². The van der Waals surface area contributed by atoms with Crippen LogP contribution in [0.1, 0.15) is 6.92 Å². The number of allylic oxidation sites excluding steroid dienone is 1. The summed E-state index contributed by atoms with van der Waals surface area (Å²) in [6.07, 6.45) is 3.52. The van der Waals surface area contributed by atoms with Crippen molar-refractivity contribution < 1.29 is 0 Å². The number of benzene rings is 2. The first-order chi connectivity index (χ1) is 8.79. The third-order valence-electron chi connectivity index (χ3n) is 3.16. The van der Waals surface area contributed by atoms with Crippen LogP contribution in [0.5, 0.6) is 0 Å². The van der Waals surface area contributed by atoms with Crippen LogP contribution in [0.15, 0.2) is 48.6 Å². The minimum absolute atomic E-state index is 0.165. The fraction of sp³-hybridized carbons (Fsp3) is 0.133. The summed E-state index contributed by atoms with van der Waals surface area (Å²) in [5.74, 6) is 0. The zero-order valence-electron chi connectivity index (χ0n) is 10.2. The molecule has 18 heavy (non-hydrogen) atoms. The van der Waals surface area contributed by atoms with Crippen LogP contribution >= 0.6 is 0 Å². The fourth-order valence-corrected chi connectivity index (χ4v) is 2.36. The Labute approximate surface area is 106 Å². The van der Waals surface area contributed by atoms with Gasteiger partial charge >= 0.3 is 0 Å². The first-order valence-corrected chi connectivity index (χ1v) is 6.05. The third kappa shape index (κ3) is 1.64. The van der Waals surface area contributed by atoms with Crippen molar-refractivity contribution in [3.8, 4) is 0 Å². The van der Waals surface area contributed by atoms with E-state index in [4.69, 9.17) is 5.41 Å². The van der Waals surface area contributed by atoms with E-state index >= 15 is 0 Å². The molecule has 3 nitrogen and oxygen atoms in total. The van der Waals surface area contributed by atoms with Crippen LogP contribution in [-0.2, 0) is 0 Å². The molecular weight excluding hydrogens is 222 g/mol. The summed E-state index contributed by atoms with van der Waals surface area (Å²) in [5.41, 5.74) is 2.70. The lowest BCUT2D eigenvalue weighted by Gasteiger charge is -2.29. The van der Waals surface area contributed by atoms with Crippen LogP contribution < -0.4 is 10.6 Å². The quantitative estimate of drug-likeness (QED) is 0.699. The van der Waals surface area contributed by atoms with Crippen molar-refractivity contribution in [2.75, 3.05) is 10.6 Å². The fourth-order valence-electron chi connectivity index (χ4n) is 2.36. The van der Waals surface area contributed by atoms with E-state index in [2.05, 4.69) is 34.9 Å². The maximum Gasteiger partial charge on any atom is 0.140 e. The summed E-state index contributed by atoms with van der Waals surface area (Å²) in [5, 5.41) is 17.1. The minimum Gasteiger partial charge on any atom is -0.360 e. The zero-order chi connectivity index (χ0) is 12.5. The van der Waals surface area contributed by atoms with E-state index in [9.17, 15) is 0 Å². The second-order valence-corrected chi connectivity index (χ2v) is 4.39. The predicted octanol–water partition coefficient (Wildman–Crippen LogP) is 3.60. The zero-order valence-corrected chi connectivity index (χ0v) is 10.2. The molecular formula is C15H15N3. The SMILES string of the molecule is CC=CC(=N)C1Nc2cccc3cccc(c23)N1. The molecule has 1 heterocycles. The minimum atomic E-state index is -0.165. The molecule has 0 bridgehead atoms. The van der Waals surface area contributed by atoms with Crippen LogP contribution in [0.4, 0.5) is 11.4 Å². The van der Waals surface area contributed by atoms with Gasteiger partial charge in [-0.05, 0) is 30.5 Å². The topological polar surface area (TPSA) is 47.9 Å². The largest absolute Gasteiger partial charge is 0.360 e. The van der Waals surface area contributed by atoms with Crippen molar-refractivity contribution in [1.82, 2.24) is 0 Å². The highest BCUT2D eigenvalue weighted by Crippen LogP contribution is 2.34. The molecule has 0 spiro atoms. The van der Waals surface area contributed by atoms with Crippen LogP contribution in [0.3, 0.4) is 0 Å². The van der Waals surface area contributed by atoms with Crippen molar-refractivity contribution in [2.45, 2.75) is 13.1 Å². The highest BCUT2D eigenvalue weighted by atomic mass is 15.2. The van der Waals surface area contributed by atoms with Gasteiger partial charge in [-0.15, -0.1) is 0 Å². The summed E-state index contributed by atoms with van der Waals surface area (Å²) >= 11 is 0. The molecule has 1 aliphatic rings. The molecule has 0 unspecified atom stereocenters. The van der Waals surface area contributed by atoms with Gasteiger partial charge in [0.15, 0.2) is 0 Å². The molecule has 3 N–H and O–H groups in total. The molecule has 2 aromatic rings. The first-order valence-electron chi connectivity index (χ1n) is 6.05. The highest BCUT2D eigenvalue weighted by Gasteiger charge is 2.20. The lowest BCUT2D eigenvalue weighted by atomic mass is 10.0. The average Bonchev–Trinajstić information content (AvgIpc) is 2.39. The van der Waals surface area contributed by atoms with E-state index in [1.165, 1.54) is 10.8 Å². The van der Waals surface area contributed by atoms with Gasteiger partial charge in [0.1, 0.15) is 6.17 Å². The molecule has 3 rings (SSSR count). The smallest absolute Gasteiger partial charge is 0.140 e. The maximum atomic E-state index is 8.00. The average molecular weight is 237 g/mol. The number of rotatable bonds is 2. The van der Waals surface area contributed by atoms with Gasteiger partial charge in [0.05, 0.1) is 5.71 Å².